The Bertz CT molecular complexity index is 735. The van der Waals surface area contributed by atoms with Crippen molar-refractivity contribution in [2.45, 2.75) is 52.2 Å². The fraction of sp³-hybridized carbons (Fsp3) is 0.500. The zero-order valence-corrected chi connectivity index (χ0v) is 18.9. The summed E-state index contributed by atoms with van der Waals surface area (Å²) in [4.78, 5) is 4.45. The van der Waals surface area contributed by atoms with Crippen LogP contribution < -0.4 is 10.6 Å². The lowest BCUT2D eigenvalue weighted by Crippen LogP contribution is -2.39. The summed E-state index contributed by atoms with van der Waals surface area (Å²) >= 11 is 0. The highest BCUT2D eigenvalue weighted by atomic mass is 127. The number of benzene rings is 1. The molecule has 1 heterocycles. The summed E-state index contributed by atoms with van der Waals surface area (Å²) in [6.45, 7) is 7.35. The molecule has 0 fully saturated rings. The predicted octanol–water partition coefficient (Wildman–Crippen LogP) is 4.12. The number of rotatable bonds is 9. The van der Waals surface area contributed by atoms with E-state index in [1.165, 1.54) is 6.07 Å². The van der Waals surface area contributed by atoms with Gasteiger partial charge in [-0.1, -0.05) is 37.2 Å². The van der Waals surface area contributed by atoms with Crippen LogP contribution >= 0.6 is 24.0 Å². The Morgan fingerprint density at radius 3 is 2.57 bits per heavy atom. The molecule has 28 heavy (non-hydrogen) atoms. The van der Waals surface area contributed by atoms with E-state index in [0.717, 1.165) is 18.5 Å². The largest absolute Gasteiger partial charge is 0.386 e. The second-order valence-electron chi connectivity index (χ2n) is 6.34. The SMILES string of the molecule is CCNC(=NCc1cc(C(CC)CC)no1)NCC(O)c1ccccc1F.I. The van der Waals surface area contributed by atoms with E-state index in [2.05, 4.69) is 34.6 Å². The smallest absolute Gasteiger partial charge is 0.191 e. The van der Waals surface area contributed by atoms with Gasteiger partial charge in [-0.25, -0.2) is 9.38 Å². The molecule has 6 nitrogen and oxygen atoms in total. The second-order valence-corrected chi connectivity index (χ2v) is 6.34. The van der Waals surface area contributed by atoms with Gasteiger partial charge >= 0.3 is 0 Å². The van der Waals surface area contributed by atoms with E-state index >= 15 is 0 Å². The summed E-state index contributed by atoms with van der Waals surface area (Å²) in [6, 6.07) is 8.14. The van der Waals surface area contributed by atoms with Crippen molar-refractivity contribution in [2.24, 2.45) is 4.99 Å². The van der Waals surface area contributed by atoms with Gasteiger partial charge in [0.1, 0.15) is 12.4 Å². The Hall–Kier alpha value is -1.68. The number of halogens is 2. The summed E-state index contributed by atoms with van der Waals surface area (Å²) in [7, 11) is 0. The Morgan fingerprint density at radius 2 is 1.93 bits per heavy atom. The molecule has 1 aromatic heterocycles. The number of guanidine groups is 1. The molecule has 0 spiro atoms. The van der Waals surface area contributed by atoms with E-state index in [4.69, 9.17) is 4.52 Å². The van der Waals surface area contributed by atoms with Gasteiger partial charge in [-0.3, -0.25) is 0 Å². The van der Waals surface area contributed by atoms with Gasteiger partial charge in [0.2, 0.25) is 0 Å². The average Bonchev–Trinajstić information content (AvgIpc) is 3.14. The molecule has 2 rings (SSSR count). The predicted molar refractivity (Wildman–Crippen MR) is 119 cm³/mol. The molecule has 0 aliphatic rings. The first-order valence-electron chi connectivity index (χ1n) is 9.49. The molecule has 0 radical (unpaired) electrons. The van der Waals surface area contributed by atoms with E-state index in [9.17, 15) is 9.50 Å². The minimum absolute atomic E-state index is 0. The molecule has 3 N–H and O–H groups in total. The van der Waals surface area contributed by atoms with Crippen LogP contribution in [0.1, 0.15) is 62.7 Å². The molecule has 8 heteroatoms. The topological polar surface area (TPSA) is 82.7 Å². The van der Waals surface area contributed by atoms with E-state index in [1.807, 2.05) is 13.0 Å². The highest BCUT2D eigenvalue weighted by molar-refractivity contribution is 14.0. The zero-order chi connectivity index (χ0) is 19.6. The number of hydrogen-bond donors (Lipinski definition) is 3. The highest BCUT2D eigenvalue weighted by Crippen LogP contribution is 2.22. The summed E-state index contributed by atoms with van der Waals surface area (Å²) in [5.74, 6) is 1.18. The van der Waals surface area contributed by atoms with Crippen LogP contribution in [0.5, 0.6) is 0 Å². The third-order valence-electron chi connectivity index (χ3n) is 4.45. The fourth-order valence-corrected chi connectivity index (χ4v) is 2.85. The van der Waals surface area contributed by atoms with Gasteiger partial charge < -0.3 is 20.3 Å². The summed E-state index contributed by atoms with van der Waals surface area (Å²) in [5.41, 5.74) is 1.21. The van der Waals surface area contributed by atoms with Gasteiger partial charge in [0.25, 0.3) is 0 Å². The van der Waals surface area contributed by atoms with Crippen molar-refractivity contribution in [3.8, 4) is 0 Å². The third kappa shape index (κ3) is 7.05. The van der Waals surface area contributed by atoms with Crippen LogP contribution in [0.25, 0.3) is 0 Å². The van der Waals surface area contributed by atoms with Crippen molar-refractivity contribution in [3.05, 3.63) is 53.2 Å². The van der Waals surface area contributed by atoms with Crippen LogP contribution in [-0.2, 0) is 6.54 Å². The van der Waals surface area contributed by atoms with Gasteiger partial charge in [0, 0.05) is 30.6 Å². The molecule has 1 atom stereocenters. The van der Waals surface area contributed by atoms with Crippen molar-refractivity contribution in [3.63, 3.8) is 0 Å². The fourth-order valence-electron chi connectivity index (χ4n) is 2.85. The van der Waals surface area contributed by atoms with Crippen molar-refractivity contribution in [1.29, 1.82) is 0 Å². The maximum absolute atomic E-state index is 13.8. The van der Waals surface area contributed by atoms with E-state index in [0.29, 0.717) is 30.7 Å². The molecule has 0 aliphatic heterocycles. The lowest BCUT2D eigenvalue weighted by molar-refractivity contribution is 0.176. The highest BCUT2D eigenvalue weighted by Gasteiger charge is 2.14. The summed E-state index contributed by atoms with van der Waals surface area (Å²) in [5, 5.41) is 20.5. The Morgan fingerprint density at radius 1 is 1.21 bits per heavy atom. The van der Waals surface area contributed by atoms with Crippen molar-refractivity contribution in [1.82, 2.24) is 15.8 Å². The number of aliphatic hydroxyl groups is 1. The number of nitrogens with one attached hydrogen (secondary N) is 2. The van der Waals surface area contributed by atoms with Crippen LogP contribution in [0.3, 0.4) is 0 Å². The van der Waals surface area contributed by atoms with Gasteiger partial charge in [-0.15, -0.1) is 24.0 Å². The van der Waals surface area contributed by atoms with Gasteiger partial charge in [0.15, 0.2) is 11.7 Å². The molecule has 156 valence electrons. The molecular formula is C20H30FIN4O2. The molecule has 2 aromatic rings. The summed E-state index contributed by atoms with van der Waals surface area (Å²) < 4.78 is 19.1. The number of aromatic nitrogens is 1. The lowest BCUT2D eigenvalue weighted by Gasteiger charge is -2.15. The van der Waals surface area contributed by atoms with Crippen LogP contribution in [0.2, 0.25) is 0 Å². The number of aliphatic imine (C=N–C) groups is 1. The minimum Gasteiger partial charge on any atom is -0.386 e. The summed E-state index contributed by atoms with van der Waals surface area (Å²) in [6.07, 6.45) is 1.06. The molecular weight excluding hydrogens is 474 g/mol. The van der Waals surface area contributed by atoms with Crippen LogP contribution in [0, 0.1) is 5.82 Å². The zero-order valence-electron chi connectivity index (χ0n) is 16.6. The molecule has 1 aromatic carbocycles. The number of aliphatic hydroxyl groups excluding tert-OH is 1. The van der Waals surface area contributed by atoms with Crippen LogP contribution in [-0.4, -0.2) is 29.3 Å². The van der Waals surface area contributed by atoms with Gasteiger partial charge in [0.05, 0.1) is 11.8 Å². The first kappa shape index (κ1) is 24.4. The molecule has 0 saturated carbocycles. The molecule has 0 amide bonds. The standard InChI is InChI=1S/C20H29FN4O2.HI/c1-4-14(5-2)18-11-15(27-25-18)12-23-20(22-6-3)24-13-19(26)16-9-7-8-10-17(16)21;/h7-11,14,19,26H,4-6,12-13H2,1-3H3,(H2,22,23,24);1H. The second kappa shape index (κ2) is 12.7. The normalized spacial score (nSPS) is 12.6. The van der Waals surface area contributed by atoms with Crippen molar-refractivity contribution >= 4 is 29.9 Å². The first-order valence-corrected chi connectivity index (χ1v) is 9.49. The Labute approximate surface area is 183 Å². The van der Waals surface area contributed by atoms with Gasteiger partial charge in [-0.2, -0.15) is 0 Å². The number of hydrogen-bond acceptors (Lipinski definition) is 4. The van der Waals surface area contributed by atoms with Crippen LogP contribution in [0.4, 0.5) is 4.39 Å². The maximum atomic E-state index is 13.8. The Kier molecular flexibility index (Phi) is 11.1. The van der Waals surface area contributed by atoms with Gasteiger partial charge in [-0.05, 0) is 25.8 Å². The molecule has 0 bridgehead atoms. The molecule has 1 unspecified atom stereocenters. The van der Waals surface area contributed by atoms with Crippen molar-refractivity contribution < 1.29 is 14.0 Å². The Balaban J connectivity index is 0.00000392. The quantitative estimate of drug-likeness (QED) is 0.272. The molecule has 0 saturated heterocycles. The number of nitrogens with zero attached hydrogens (tertiary/aromatic N) is 2. The third-order valence-corrected chi connectivity index (χ3v) is 4.45. The first-order chi connectivity index (χ1) is 13.1. The van der Waals surface area contributed by atoms with E-state index < -0.39 is 11.9 Å². The minimum atomic E-state index is -0.971. The van der Waals surface area contributed by atoms with Crippen LogP contribution in [0.15, 0.2) is 39.8 Å². The average molecular weight is 504 g/mol. The van der Waals surface area contributed by atoms with E-state index in [-0.39, 0.29) is 36.1 Å². The van der Waals surface area contributed by atoms with Crippen molar-refractivity contribution in [2.75, 3.05) is 13.1 Å². The van der Waals surface area contributed by atoms with E-state index in [1.54, 1.807) is 18.2 Å². The molecule has 0 aliphatic carbocycles. The lowest BCUT2D eigenvalue weighted by atomic mass is 9.99. The monoisotopic (exact) mass is 504 g/mol. The maximum Gasteiger partial charge on any atom is 0.191 e.